The molecular weight excluding hydrogens is 364 g/mol. The lowest BCUT2D eigenvalue weighted by molar-refractivity contribution is 0.122. The van der Waals surface area contributed by atoms with E-state index in [-0.39, 0.29) is 11.4 Å². The number of nitrogens with zero attached hydrogens (tertiary/aromatic N) is 3. The van der Waals surface area contributed by atoms with Gasteiger partial charge in [-0.05, 0) is 29.0 Å². The van der Waals surface area contributed by atoms with Crippen LogP contribution in [0, 0.1) is 0 Å². The van der Waals surface area contributed by atoms with Crippen LogP contribution < -0.4 is 9.62 Å². The Bertz CT molecular complexity index is 1050. The second-order valence-electron chi connectivity index (χ2n) is 6.26. The molecule has 1 aliphatic rings. The van der Waals surface area contributed by atoms with E-state index in [1.165, 1.54) is 0 Å². The number of anilines is 1. The predicted octanol–water partition coefficient (Wildman–Crippen LogP) is 1.94. The first-order chi connectivity index (χ1) is 13.1. The molecular formula is C19H20N4O3S. The quantitative estimate of drug-likeness (QED) is 0.724. The first-order valence-electron chi connectivity index (χ1n) is 8.75. The zero-order chi connectivity index (χ0) is 18.7. The zero-order valence-electron chi connectivity index (χ0n) is 14.7. The van der Waals surface area contributed by atoms with Gasteiger partial charge in [0.2, 0.25) is 10.0 Å². The minimum absolute atomic E-state index is 0.0351. The Kier molecular flexibility index (Phi) is 5.02. The molecule has 27 heavy (non-hydrogen) atoms. The van der Waals surface area contributed by atoms with Crippen molar-refractivity contribution >= 4 is 26.6 Å². The lowest BCUT2D eigenvalue weighted by Gasteiger charge is -2.27. The number of morpholine rings is 1. The van der Waals surface area contributed by atoms with Crippen LogP contribution in [-0.4, -0.2) is 44.7 Å². The summed E-state index contributed by atoms with van der Waals surface area (Å²) >= 11 is 0. The average molecular weight is 384 g/mol. The third-order valence-electron chi connectivity index (χ3n) is 4.48. The fourth-order valence-electron chi connectivity index (χ4n) is 3.02. The van der Waals surface area contributed by atoms with E-state index in [2.05, 4.69) is 19.6 Å². The number of benzene rings is 2. The molecule has 7 nitrogen and oxygen atoms in total. The minimum atomic E-state index is -3.65. The molecule has 0 bridgehead atoms. The van der Waals surface area contributed by atoms with Gasteiger partial charge in [0.1, 0.15) is 11.6 Å². The van der Waals surface area contributed by atoms with Crippen LogP contribution in [0.3, 0.4) is 0 Å². The molecule has 0 unspecified atom stereocenters. The second kappa shape index (κ2) is 7.59. The summed E-state index contributed by atoms with van der Waals surface area (Å²) in [6.07, 6.45) is 1.65. The summed E-state index contributed by atoms with van der Waals surface area (Å²) < 4.78 is 33.2. The van der Waals surface area contributed by atoms with Gasteiger partial charge in [0.05, 0.1) is 24.7 Å². The number of hydrogen-bond acceptors (Lipinski definition) is 6. The highest BCUT2D eigenvalue weighted by Crippen LogP contribution is 2.19. The van der Waals surface area contributed by atoms with Gasteiger partial charge in [-0.3, -0.25) is 0 Å². The largest absolute Gasteiger partial charge is 0.378 e. The van der Waals surface area contributed by atoms with Crippen LogP contribution in [0.15, 0.2) is 59.6 Å². The fraction of sp³-hybridized carbons (Fsp3) is 0.263. The van der Waals surface area contributed by atoms with Gasteiger partial charge in [0, 0.05) is 19.3 Å². The summed E-state index contributed by atoms with van der Waals surface area (Å²) in [4.78, 5) is 11.0. The van der Waals surface area contributed by atoms with Gasteiger partial charge in [0.15, 0.2) is 0 Å². The molecule has 1 fully saturated rings. The molecule has 0 radical (unpaired) electrons. The van der Waals surface area contributed by atoms with Crippen LogP contribution in [0.1, 0.15) is 5.82 Å². The summed E-state index contributed by atoms with van der Waals surface area (Å²) in [6, 6.07) is 14.6. The number of fused-ring (bicyclic) bond motifs is 1. The van der Waals surface area contributed by atoms with Crippen LogP contribution >= 0.6 is 0 Å². The third kappa shape index (κ3) is 4.08. The van der Waals surface area contributed by atoms with Gasteiger partial charge >= 0.3 is 0 Å². The standard InChI is InChI=1S/C19H20N4O3S/c24-27(25,17-6-5-15-3-1-2-4-16(15)13-17)21-14-18-20-8-7-19(22-18)23-9-11-26-12-10-23/h1-8,13,21H,9-12,14H2. The molecule has 1 N–H and O–H groups in total. The highest BCUT2D eigenvalue weighted by atomic mass is 32.2. The SMILES string of the molecule is O=S(=O)(NCc1nccc(N2CCOCC2)n1)c1ccc2ccccc2c1. The lowest BCUT2D eigenvalue weighted by atomic mass is 10.1. The Labute approximate surface area is 158 Å². The minimum Gasteiger partial charge on any atom is -0.378 e. The lowest BCUT2D eigenvalue weighted by Crippen LogP contribution is -2.37. The van der Waals surface area contributed by atoms with E-state index in [0.717, 1.165) is 29.7 Å². The van der Waals surface area contributed by atoms with Crippen LogP contribution in [0.25, 0.3) is 10.8 Å². The van der Waals surface area contributed by atoms with Crippen molar-refractivity contribution in [3.05, 3.63) is 60.6 Å². The van der Waals surface area contributed by atoms with Gasteiger partial charge in [-0.1, -0.05) is 30.3 Å². The summed E-state index contributed by atoms with van der Waals surface area (Å²) in [5, 5.41) is 1.88. The van der Waals surface area contributed by atoms with Crippen molar-refractivity contribution in [2.75, 3.05) is 31.2 Å². The number of hydrogen-bond donors (Lipinski definition) is 1. The van der Waals surface area contributed by atoms with Crippen molar-refractivity contribution < 1.29 is 13.2 Å². The molecule has 140 valence electrons. The van der Waals surface area contributed by atoms with E-state index in [1.54, 1.807) is 24.4 Å². The molecule has 1 saturated heterocycles. The van der Waals surface area contributed by atoms with E-state index in [9.17, 15) is 8.42 Å². The van der Waals surface area contributed by atoms with Crippen LogP contribution in [0.4, 0.5) is 5.82 Å². The Morgan fingerprint density at radius 1 is 1.04 bits per heavy atom. The maximum absolute atomic E-state index is 12.6. The predicted molar refractivity (Wildman–Crippen MR) is 103 cm³/mol. The first-order valence-corrected chi connectivity index (χ1v) is 10.2. The molecule has 3 aromatic rings. The number of ether oxygens (including phenoxy) is 1. The summed E-state index contributed by atoms with van der Waals surface area (Å²) in [6.45, 7) is 2.88. The summed E-state index contributed by atoms with van der Waals surface area (Å²) in [5.74, 6) is 1.22. The molecule has 1 aliphatic heterocycles. The number of nitrogens with one attached hydrogen (secondary N) is 1. The van der Waals surface area contributed by atoms with E-state index in [0.29, 0.717) is 19.0 Å². The topological polar surface area (TPSA) is 84.4 Å². The smallest absolute Gasteiger partial charge is 0.240 e. The second-order valence-corrected chi connectivity index (χ2v) is 8.03. The number of sulfonamides is 1. The molecule has 0 amide bonds. The fourth-order valence-corrected chi connectivity index (χ4v) is 4.03. The van der Waals surface area contributed by atoms with E-state index in [1.807, 2.05) is 30.3 Å². The van der Waals surface area contributed by atoms with Crippen LogP contribution in [-0.2, 0) is 21.3 Å². The molecule has 0 atom stereocenters. The normalized spacial score (nSPS) is 15.2. The summed E-state index contributed by atoms with van der Waals surface area (Å²) in [5.41, 5.74) is 0. The molecule has 2 heterocycles. The summed E-state index contributed by atoms with van der Waals surface area (Å²) in [7, 11) is -3.65. The first kappa shape index (κ1) is 17.8. The monoisotopic (exact) mass is 384 g/mol. The molecule has 0 spiro atoms. The number of aromatic nitrogens is 2. The van der Waals surface area contributed by atoms with E-state index < -0.39 is 10.0 Å². The Hall–Kier alpha value is -2.55. The molecule has 8 heteroatoms. The maximum atomic E-state index is 12.6. The van der Waals surface area contributed by atoms with Crippen molar-refractivity contribution in [2.45, 2.75) is 11.4 Å². The average Bonchev–Trinajstić information content (AvgIpc) is 2.73. The molecule has 0 saturated carbocycles. The highest BCUT2D eigenvalue weighted by molar-refractivity contribution is 7.89. The van der Waals surface area contributed by atoms with Gasteiger partial charge in [-0.25, -0.2) is 23.1 Å². The zero-order valence-corrected chi connectivity index (χ0v) is 15.5. The van der Waals surface area contributed by atoms with Crippen molar-refractivity contribution in [3.63, 3.8) is 0 Å². The molecule has 0 aliphatic carbocycles. The van der Waals surface area contributed by atoms with Gasteiger partial charge in [-0.2, -0.15) is 0 Å². The van der Waals surface area contributed by atoms with Crippen LogP contribution in [0.2, 0.25) is 0 Å². The van der Waals surface area contributed by atoms with Gasteiger partial charge in [-0.15, -0.1) is 0 Å². The molecule has 2 aromatic carbocycles. The van der Waals surface area contributed by atoms with Crippen LogP contribution in [0.5, 0.6) is 0 Å². The van der Waals surface area contributed by atoms with Crippen molar-refractivity contribution in [1.82, 2.24) is 14.7 Å². The molecule has 4 rings (SSSR count). The van der Waals surface area contributed by atoms with Crippen molar-refractivity contribution in [2.24, 2.45) is 0 Å². The number of rotatable bonds is 5. The Morgan fingerprint density at radius 2 is 1.81 bits per heavy atom. The third-order valence-corrected chi connectivity index (χ3v) is 5.88. The van der Waals surface area contributed by atoms with E-state index >= 15 is 0 Å². The Morgan fingerprint density at radius 3 is 2.63 bits per heavy atom. The van der Waals surface area contributed by atoms with Gasteiger partial charge in [0.25, 0.3) is 0 Å². The van der Waals surface area contributed by atoms with Gasteiger partial charge < -0.3 is 9.64 Å². The maximum Gasteiger partial charge on any atom is 0.240 e. The van der Waals surface area contributed by atoms with Crippen molar-refractivity contribution in [3.8, 4) is 0 Å². The van der Waals surface area contributed by atoms with E-state index in [4.69, 9.17) is 4.74 Å². The highest BCUT2D eigenvalue weighted by Gasteiger charge is 2.16. The molecule has 1 aromatic heterocycles. The van der Waals surface area contributed by atoms with Crippen molar-refractivity contribution in [1.29, 1.82) is 0 Å². The Balaban J connectivity index is 1.49.